The Morgan fingerprint density at radius 3 is 2.76 bits per heavy atom. The average Bonchev–Trinajstić information content (AvgIpc) is 2.92. The lowest BCUT2D eigenvalue weighted by atomic mass is 10.3. The molecule has 1 saturated carbocycles. The number of aromatic nitrogens is 2. The smallest absolute Gasteiger partial charge is 0.267 e. The Morgan fingerprint density at radius 1 is 1.29 bits per heavy atom. The van der Waals surface area contributed by atoms with E-state index in [-0.39, 0.29) is 17.7 Å². The van der Waals surface area contributed by atoms with Gasteiger partial charge in [-0.2, -0.15) is 0 Å². The Morgan fingerprint density at radius 2 is 2.05 bits per heavy atom. The lowest BCUT2D eigenvalue weighted by molar-refractivity contribution is -0.131. The molecule has 1 aliphatic heterocycles. The first kappa shape index (κ1) is 12.8. The van der Waals surface area contributed by atoms with E-state index in [4.69, 9.17) is 0 Å². The van der Waals surface area contributed by atoms with E-state index in [1.807, 2.05) is 22.4 Å². The molecule has 21 heavy (non-hydrogen) atoms. The van der Waals surface area contributed by atoms with E-state index >= 15 is 0 Å². The van der Waals surface area contributed by atoms with Crippen LogP contribution < -0.4 is 0 Å². The van der Waals surface area contributed by atoms with Crippen molar-refractivity contribution in [3.8, 4) is 0 Å². The second-order valence-electron chi connectivity index (χ2n) is 5.68. The van der Waals surface area contributed by atoms with Crippen LogP contribution in [-0.2, 0) is 4.79 Å². The minimum atomic E-state index is 0.00842. The van der Waals surface area contributed by atoms with Crippen LogP contribution in [0.3, 0.4) is 0 Å². The van der Waals surface area contributed by atoms with E-state index in [9.17, 15) is 9.59 Å². The lowest BCUT2D eigenvalue weighted by Gasteiger charge is -2.18. The number of aryl methyl sites for hydroxylation is 1. The molecule has 2 aromatic rings. The zero-order valence-corrected chi connectivity index (χ0v) is 12.6. The van der Waals surface area contributed by atoms with Gasteiger partial charge in [0.05, 0.1) is 6.67 Å². The Bertz CT molecular complexity index is 730. The van der Waals surface area contributed by atoms with Crippen LogP contribution in [0.4, 0.5) is 0 Å². The zero-order chi connectivity index (χ0) is 14.6. The second-order valence-corrected chi connectivity index (χ2v) is 6.66. The molecule has 0 N–H and O–H groups in total. The van der Waals surface area contributed by atoms with Gasteiger partial charge in [0.1, 0.15) is 4.88 Å². The molecule has 7 heteroatoms. The Balaban J connectivity index is 1.53. The van der Waals surface area contributed by atoms with E-state index in [1.165, 1.54) is 11.3 Å². The number of nitrogens with zero attached hydrogens (tertiary/aromatic N) is 4. The van der Waals surface area contributed by atoms with E-state index in [1.54, 1.807) is 11.1 Å². The van der Waals surface area contributed by atoms with Gasteiger partial charge in [0.25, 0.3) is 5.91 Å². The highest BCUT2D eigenvalue weighted by atomic mass is 32.1. The molecule has 6 nitrogen and oxygen atoms in total. The van der Waals surface area contributed by atoms with Gasteiger partial charge in [0.15, 0.2) is 4.96 Å². The number of carbonyl (C=O) groups is 2. The average molecular weight is 304 g/mol. The molecule has 0 radical (unpaired) electrons. The molecule has 0 atom stereocenters. The normalized spacial score (nSPS) is 18.7. The number of amides is 2. The summed E-state index contributed by atoms with van der Waals surface area (Å²) in [7, 11) is 0. The molecule has 4 rings (SSSR count). The minimum absolute atomic E-state index is 0.00842. The van der Waals surface area contributed by atoms with Gasteiger partial charge in [0.2, 0.25) is 5.91 Å². The molecule has 2 fully saturated rings. The summed E-state index contributed by atoms with van der Waals surface area (Å²) in [4.78, 5) is 34.1. The van der Waals surface area contributed by atoms with E-state index in [2.05, 4.69) is 4.98 Å². The molecule has 2 amide bonds. The van der Waals surface area contributed by atoms with Gasteiger partial charge >= 0.3 is 0 Å². The van der Waals surface area contributed by atoms with Crippen molar-refractivity contribution in [3.05, 3.63) is 23.0 Å². The lowest BCUT2D eigenvalue weighted by Crippen LogP contribution is -2.34. The fourth-order valence-corrected chi connectivity index (χ4v) is 3.81. The highest BCUT2D eigenvalue weighted by molar-refractivity contribution is 7.19. The molecule has 0 aromatic carbocycles. The first-order chi connectivity index (χ1) is 10.1. The summed E-state index contributed by atoms with van der Waals surface area (Å²) in [5.74, 6) is 0.434. The summed E-state index contributed by atoms with van der Waals surface area (Å²) in [5.41, 5.74) is 0.921. The van der Waals surface area contributed by atoms with Crippen molar-refractivity contribution in [1.29, 1.82) is 0 Å². The maximum absolute atomic E-state index is 12.6. The van der Waals surface area contributed by atoms with Crippen LogP contribution in [0.15, 0.2) is 12.4 Å². The zero-order valence-electron chi connectivity index (χ0n) is 11.8. The minimum Gasteiger partial charge on any atom is -0.323 e. The third kappa shape index (κ3) is 2.03. The number of carbonyl (C=O) groups excluding carboxylic acids is 2. The highest BCUT2D eigenvalue weighted by Crippen LogP contribution is 2.32. The van der Waals surface area contributed by atoms with Crippen LogP contribution in [0.2, 0.25) is 0 Å². The third-order valence-electron chi connectivity index (χ3n) is 4.19. The molecule has 0 spiro atoms. The van der Waals surface area contributed by atoms with Gasteiger partial charge in [-0.15, -0.1) is 0 Å². The SMILES string of the molecule is Cc1c(C(=O)N2CCN(C(=O)C3CC3)C2)sc2nccn12. The largest absolute Gasteiger partial charge is 0.323 e. The first-order valence-corrected chi connectivity index (χ1v) is 7.97. The summed E-state index contributed by atoms with van der Waals surface area (Å²) in [6, 6.07) is 0. The summed E-state index contributed by atoms with van der Waals surface area (Å²) in [6.07, 6.45) is 5.61. The van der Waals surface area contributed by atoms with Crippen LogP contribution in [0.25, 0.3) is 4.96 Å². The van der Waals surface area contributed by atoms with Crippen molar-refractivity contribution in [1.82, 2.24) is 19.2 Å². The van der Waals surface area contributed by atoms with Gasteiger partial charge in [-0.1, -0.05) is 11.3 Å². The summed E-state index contributed by atoms with van der Waals surface area (Å²) in [5, 5.41) is 0. The predicted molar refractivity (Wildman–Crippen MR) is 78.1 cm³/mol. The number of rotatable bonds is 2. The number of thiazole rings is 1. The molecule has 110 valence electrons. The Kier molecular flexibility index (Phi) is 2.78. The molecule has 3 heterocycles. The molecule has 1 saturated heterocycles. The van der Waals surface area contributed by atoms with Crippen molar-refractivity contribution in [2.24, 2.45) is 5.92 Å². The van der Waals surface area contributed by atoms with Crippen molar-refractivity contribution in [2.75, 3.05) is 19.8 Å². The number of fused-ring (bicyclic) bond motifs is 1. The third-order valence-corrected chi connectivity index (χ3v) is 5.35. The van der Waals surface area contributed by atoms with Gasteiger partial charge < -0.3 is 9.80 Å². The molecule has 2 aromatic heterocycles. The first-order valence-electron chi connectivity index (χ1n) is 7.15. The monoisotopic (exact) mass is 304 g/mol. The molecule has 2 aliphatic rings. The highest BCUT2D eigenvalue weighted by Gasteiger charge is 2.37. The quantitative estimate of drug-likeness (QED) is 0.841. The fraction of sp³-hybridized carbons (Fsp3) is 0.500. The van der Waals surface area contributed by atoms with E-state index < -0.39 is 0 Å². The number of imidazole rings is 1. The predicted octanol–water partition coefficient (Wildman–Crippen LogP) is 1.36. The van der Waals surface area contributed by atoms with Gasteiger partial charge in [0, 0.05) is 37.1 Å². The Hall–Kier alpha value is -1.89. The van der Waals surface area contributed by atoms with Crippen molar-refractivity contribution < 1.29 is 9.59 Å². The maximum atomic E-state index is 12.6. The van der Waals surface area contributed by atoms with Crippen molar-refractivity contribution >= 4 is 28.1 Å². The van der Waals surface area contributed by atoms with E-state index in [0.29, 0.717) is 19.8 Å². The standard InChI is InChI=1S/C14H16N4O2S/c1-9-11(21-14-15-4-5-18(9)14)13(20)17-7-6-16(8-17)12(19)10-2-3-10/h4-5,10H,2-3,6-8H2,1H3. The number of hydrogen-bond donors (Lipinski definition) is 0. The molecular weight excluding hydrogens is 288 g/mol. The number of hydrogen-bond acceptors (Lipinski definition) is 4. The fourth-order valence-electron chi connectivity index (χ4n) is 2.76. The molecular formula is C14H16N4O2S. The van der Waals surface area contributed by atoms with Crippen LogP contribution in [0.1, 0.15) is 28.2 Å². The van der Waals surface area contributed by atoms with Crippen LogP contribution in [-0.4, -0.2) is 50.8 Å². The van der Waals surface area contributed by atoms with Gasteiger partial charge in [-0.25, -0.2) is 4.98 Å². The molecule has 0 unspecified atom stereocenters. The summed E-state index contributed by atoms with van der Waals surface area (Å²) < 4.78 is 1.93. The van der Waals surface area contributed by atoms with Crippen LogP contribution in [0, 0.1) is 12.8 Å². The van der Waals surface area contributed by atoms with E-state index in [0.717, 1.165) is 28.4 Å². The van der Waals surface area contributed by atoms with Crippen LogP contribution in [0.5, 0.6) is 0 Å². The molecule has 1 aliphatic carbocycles. The van der Waals surface area contributed by atoms with Gasteiger partial charge in [-0.05, 0) is 19.8 Å². The summed E-state index contributed by atoms with van der Waals surface area (Å²) >= 11 is 1.41. The maximum Gasteiger partial charge on any atom is 0.267 e. The second kappa shape index (κ2) is 4.56. The topological polar surface area (TPSA) is 57.9 Å². The van der Waals surface area contributed by atoms with Crippen molar-refractivity contribution in [3.63, 3.8) is 0 Å². The van der Waals surface area contributed by atoms with Crippen molar-refractivity contribution in [2.45, 2.75) is 19.8 Å². The molecule has 0 bridgehead atoms. The van der Waals surface area contributed by atoms with Crippen LogP contribution >= 0.6 is 11.3 Å². The summed E-state index contributed by atoms with van der Waals surface area (Å²) in [6.45, 7) is 3.63. The van der Waals surface area contributed by atoms with Gasteiger partial charge in [-0.3, -0.25) is 14.0 Å². The Labute approximate surface area is 126 Å².